The lowest BCUT2D eigenvalue weighted by atomic mass is 10.1. The number of amides is 4. The van der Waals surface area contributed by atoms with Crippen molar-refractivity contribution in [2.75, 3.05) is 4.90 Å². The molecule has 1 heterocycles. The maximum absolute atomic E-state index is 13.0. The second-order valence-corrected chi connectivity index (χ2v) is 9.20. The molecule has 0 bridgehead atoms. The van der Waals surface area contributed by atoms with Crippen LogP contribution in [0.3, 0.4) is 0 Å². The molecule has 1 fully saturated rings. The number of anilines is 1. The van der Waals surface area contributed by atoms with Gasteiger partial charge in [0.15, 0.2) is 0 Å². The molecule has 34 heavy (non-hydrogen) atoms. The van der Waals surface area contributed by atoms with E-state index in [4.69, 9.17) is 39.5 Å². The third kappa shape index (κ3) is 5.13. The number of barbiturate groups is 1. The molecule has 0 radical (unpaired) electrons. The molecule has 0 unspecified atom stereocenters. The number of carbonyl (C=O) groups is 3. The summed E-state index contributed by atoms with van der Waals surface area (Å²) in [6.45, 7) is 0.264. The fraction of sp³-hybridized carbons (Fsp3) is 0.0417. The van der Waals surface area contributed by atoms with Crippen molar-refractivity contribution in [1.29, 1.82) is 0 Å². The number of nitrogens with zero attached hydrogens (tertiary/aromatic N) is 1. The summed E-state index contributed by atoms with van der Waals surface area (Å²) < 4.78 is 6.43. The molecule has 3 aromatic carbocycles. The number of hydrogen-bond acceptors (Lipinski definition) is 4. The topological polar surface area (TPSA) is 75.7 Å². The SMILES string of the molecule is O=C1NC(=O)N(c2ccc(Cl)c(Cl)c2)C(=O)/C1=C/c1ccc(OCc2ccccc2Cl)c(Br)c1. The van der Waals surface area contributed by atoms with Crippen molar-refractivity contribution >= 4 is 80.3 Å². The van der Waals surface area contributed by atoms with Gasteiger partial charge in [-0.05, 0) is 64.0 Å². The molecule has 0 atom stereocenters. The molecular formula is C24H14BrCl3N2O4. The number of carbonyl (C=O) groups excluding carboxylic acids is 3. The standard InChI is InChI=1S/C24H14BrCl3N2O4/c25-17-10-13(5-8-21(17)34-12-14-3-1-2-4-18(14)26)9-16-22(31)29-24(33)30(23(16)32)15-6-7-19(27)20(28)11-15/h1-11H,12H2,(H,29,31,33)/b16-9+. The minimum absolute atomic E-state index is 0.165. The van der Waals surface area contributed by atoms with Crippen LogP contribution in [0.25, 0.3) is 6.08 Å². The Balaban J connectivity index is 1.58. The van der Waals surface area contributed by atoms with Crippen molar-refractivity contribution < 1.29 is 19.1 Å². The zero-order valence-corrected chi connectivity index (χ0v) is 21.0. The van der Waals surface area contributed by atoms with Crippen molar-refractivity contribution in [1.82, 2.24) is 5.32 Å². The molecule has 4 rings (SSSR count). The summed E-state index contributed by atoms with van der Waals surface area (Å²) in [6.07, 6.45) is 1.39. The monoisotopic (exact) mass is 578 g/mol. The summed E-state index contributed by atoms with van der Waals surface area (Å²) >= 11 is 21.5. The van der Waals surface area contributed by atoms with Crippen molar-refractivity contribution in [3.8, 4) is 5.75 Å². The molecule has 0 spiro atoms. The Morgan fingerprint density at radius 3 is 2.38 bits per heavy atom. The van der Waals surface area contributed by atoms with Gasteiger partial charge in [-0.25, -0.2) is 9.69 Å². The highest BCUT2D eigenvalue weighted by Gasteiger charge is 2.37. The number of ether oxygens (including phenoxy) is 1. The molecule has 1 saturated heterocycles. The third-order valence-corrected chi connectivity index (χ3v) is 6.60. The Kier molecular flexibility index (Phi) is 7.28. The molecule has 1 aliphatic rings. The normalized spacial score (nSPS) is 15.0. The molecule has 0 aliphatic carbocycles. The molecule has 3 aromatic rings. The maximum atomic E-state index is 13.0. The van der Waals surface area contributed by atoms with Crippen molar-refractivity contribution in [2.24, 2.45) is 0 Å². The van der Waals surface area contributed by atoms with Gasteiger partial charge >= 0.3 is 6.03 Å². The van der Waals surface area contributed by atoms with Crippen LogP contribution in [0.15, 0.2) is 70.7 Å². The second kappa shape index (κ2) is 10.2. The number of urea groups is 1. The Labute approximate surface area is 218 Å². The van der Waals surface area contributed by atoms with Gasteiger partial charge in [-0.15, -0.1) is 0 Å². The number of hydrogen-bond donors (Lipinski definition) is 1. The van der Waals surface area contributed by atoms with Gasteiger partial charge in [0.25, 0.3) is 11.8 Å². The highest BCUT2D eigenvalue weighted by molar-refractivity contribution is 9.10. The van der Waals surface area contributed by atoms with E-state index in [1.54, 1.807) is 24.3 Å². The van der Waals surface area contributed by atoms with Crippen LogP contribution in [-0.4, -0.2) is 17.8 Å². The molecule has 1 N–H and O–H groups in total. The lowest BCUT2D eigenvalue weighted by Gasteiger charge is -2.26. The lowest BCUT2D eigenvalue weighted by Crippen LogP contribution is -2.54. The summed E-state index contributed by atoms with van der Waals surface area (Å²) in [5, 5.41) is 3.20. The van der Waals surface area contributed by atoms with E-state index in [0.717, 1.165) is 10.5 Å². The van der Waals surface area contributed by atoms with E-state index in [9.17, 15) is 14.4 Å². The minimum atomic E-state index is -0.880. The van der Waals surface area contributed by atoms with Gasteiger partial charge in [0.1, 0.15) is 17.9 Å². The molecule has 1 aliphatic heterocycles. The number of imide groups is 2. The highest BCUT2D eigenvalue weighted by atomic mass is 79.9. The zero-order valence-electron chi connectivity index (χ0n) is 17.2. The highest BCUT2D eigenvalue weighted by Crippen LogP contribution is 2.31. The first-order chi connectivity index (χ1) is 16.2. The summed E-state index contributed by atoms with van der Waals surface area (Å²) in [7, 11) is 0. The van der Waals surface area contributed by atoms with Gasteiger partial charge in [0, 0.05) is 10.6 Å². The average molecular weight is 581 g/mol. The van der Waals surface area contributed by atoms with Crippen LogP contribution in [0.5, 0.6) is 5.75 Å². The molecular weight excluding hydrogens is 567 g/mol. The van der Waals surface area contributed by atoms with Gasteiger partial charge in [-0.3, -0.25) is 14.9 Å². The molecule has 0 saturated carbocycles. The summed E-state index contributed by atoms with van der Waals surface area (Å²) in [6, 6.07) is 15.8. The van der Waals surface area contributed by atoms with Gasteiger partial charge in [0.05, 0.1) is 20.2 Å². The van der Waals surface area contributed by atoms with Crippen molar-refractivity contribution in [3.05, 3.63) is 96.9 Å². The van der Waals surface area contributed by atoms with Crippen LogP contribution in [0.4, 0.5) is 10.5 Å². The van der Waals surface area contributed by atoms with E-state index in [-0.39, 0.29) is 27.9 Å². The van der Waals surface area contributed by atoms with E-state index in [2.05, 4.69) is 21.2 Å². The summed E-state index contributed by atoms with van der Waals surface area (Å²) in [5.41, 5.74) is 1.33. The zero-order chi connectivity index (χ0) is 24.4. The lowest BCUT2D eigenvalue weighted by molar-refractivity contribution is -0.122. The molecule has 0 aromatic heterocycles. The molecule has 6 nitrogen and oxygen atoms in total. The van der Waals surface area contributed by atoms with Gasteiger partial charge < -0.3 is 4.74 Å². The van der Waals surface area contributed by atoms with Crippen LogP contribution in [-0.2, 0) is 16.2 Å². The number of rotatable bonds is 5. The summed E-state index contributed by atoms with van der Waals surface area (Å²) in [4.78, 5) is 38.6. The first-order valence-electron chi connectivity index (χ1n) is 9.77. The average Bonchev–Trinajstić information content (AvgIpc) is 2.79. The fourth-order valence-corrected chi connectivity index (χ4v) is 4.17. The maximum Gasteiger partial charge on any atom is 0.335 e. The van der Waals surface area contributed by atoms with Gasteiger partial charge in [-0.2, -0.15) is 0 Å². The van der Waals surface area contributed by atoms with E-state index < -0.39 is 17.8 Å². The molecule has 10 heteroatoms. The molecule has 172 valence electrons. The number of nitrogens with one attached hydrogen (secondary N) is 1. The van der Waals surface area contributed by atoms with Crippen LogP contribution >= 0.6 is 50.7 Å². The predicted molar refractivity (Wildman–Crippen MR) is 135 cm³/mol. The van der Waals surface area contributed by atoms with Gasteiger partial charge in [0.2, 0.25) is 0 Å². The van der Waals surface area contributed by atoms with E-state index in [0.29, 0.717) is 20.8 Å². The van der Waals surface area contributed by atoms with Crippen LogP contribution < -0.4 is 15.0 Å². The summed E-state index contributed by atoms with van der Waals surface area (Å²) in [5.74, 6) is -1.04. The first-order valence-corrected chi connectivity index (χ1v) is 11.7. The molecule has 4 amide bonds. The van der Waals surface area contributed by atoms with Gasteiger partial charge in [-0.1, -0.05) is 59.1 Å². The van der Waals surface area contributed by atoms with Crippen molar-refractivity contribution in [2.45, 2.75) is 6.61 Å². The van der Waals surface area contributed by atoms with Crippen LogP contribution in [0.2, 0.25) is 15.1 Å². The second-order valence-electron chi connectivity index (χ2n) is 7.13. The van der Waals surface area contributed by atoms with E-state index in [1.165, 1.54) is 24.3 Å². The van der Waals surface area contributed by atoms with Crippen LogP contribution in [0, 0.1) is 0 Å². The Morgan fingerprint density at radius 2 is 1.68 bits per heavy atom. The number of halogens is 4. The van der Waals surface area contributed by atoms with Crippen LogP contribution in [0.1, 0.15) is 11.1 Å². The largest absolute Gasteiger partial charge is 0.488 e. The Bertz CT molecular complexity index is 1360. The number of benzene rings is 3. The van der Waals surface area contributed by atoms with Crippen molar-refractivity contribution in [3.63, 3.8) is 0 Å². The Morgan fingerprint density at radius 1 is 0.912 bits per heavy atom. The Hall–Kier alpha value is -2.84. The predicted octanol–water partition coefficient (Wildman–Crippen LogP) is 6.65. The van der Waals surface area contributed by atoms with E-state index in [1.807, 2.05) is 18.2 Å². The minimum Gasteiger partial charge on any atom is -0.488 e. The third-order valence-electron chi connectivity index (χ3n) is 4.87. The first kappa shape index (κ1) is 24.3. The fourth-order valence-electron chi connectivity index (χ4n) is 3.18. The van der Waals surface area contributed by atoms with E-state index >= 15 is 0 Å². The smallest absolute Gasteiger partial charge is 0.335 e. The quantitative estimate of drug-likeness (QED) is 0.271.